The molecule has 0 radical (unpaired) electrons. The molecule has 27 heavy (non-hydrogen) atoms. The van der Waals surface area contributed by atoms with E-state index in [-0.39, 0.29) is 18.8 Å². The number of benzene rings is 2. The van der Waals surface area contributed by atoms with Crippen LogP contribution in [0.1, 0.15) is 22.3 Å². The second-order valence-electron chi connectivity index (χ2n) is 6.15. The van der Waals surface area contributed by atoms with E-state index in [2.05, 4.69) is 21.2 Å². The predicted octanol–water partition coefficient (Wildman–Crippen LogP) is 4.29. The van der Waals surface area contributed by atoms with Gasteiger partial charge in [0.15, 0.2) is 0 Å². The third-order valence-electron chi connectivity index (χ3n) is 3.91. The van der Waals surface area contributed by atoms with Gasteiger partial charge in [-0.3, -0.25) is 4.79 Å². The molecule has 0 fully saturated rings. The lowest BCUT2D eigenvalue weighted by molar-refractivity contribution is -0.112. The number of hydrogen-bond acceptors (Lipinski definition) is 4. The molecular formula is C21H21BrN2O3. The van der Waals surface area contributed by atoms with Crippen LogP contribution in [-0.4, -0.2) is 24.2 Å². The van der Waals surface area contributed by atoms with Crippen LogP contribution >= 0.6 is 15.9 Å². The van der Waals surface area contributed by atoms with Crippen molar-refractivity contribution in [1.29, 1.82) is 5.26 Å². The van der Waals surface area contributed by atoms with Crippen molar-refractivity contribution in [3.05, 3.63) is 62.6 Å². The van der Waals surface area contributed by atoms with Crippen LogP contribution in [0.15, 0.2) is 40.4 Å². The molecule has 0 aliphatic rings. The highest BCUT2D eigenvalue weighted by Crippen LogP contribution is 2.26. The van der Waals surface area contributed by atoms with Gasteiger partial charge in [-0.25, -0.2) is 0 Å². The second kappa shape index (κ2) is 9.36. The molecular weight excluding hydrogens is 408 g/mol. The van der Waals surface area contributed by atoms with Gasteiger partial charge in [0.2, 0.25) is 0 Å². The van der Waals surface area contributed by atoms with Crippen LogP contribution in [0.4, 0.5) is 5.69 Å². The highest BCUT2D eigenvalue weighted by molar-refractivity contribution is 9.10. The monoisotopic (exact) mass is 428 g/mol. The molecule has 1 amide bonds. The van der Waals surface area contributed by atoms with Crippen LogP contribution in [-0.2, 0) is 4.79 Å². The van der Waals surface area contributed by atoms with Crippen molar-refractivity contribution in [3.8, 4) is 11.8 Å². The van der Waals surface area contributed by atoms with E-state index in [9.17, 15) is 10.1 Å². The van der Waals surface area contributed by atoms with Gasteiger partial charge in [-0.1, -0.05) is 39.7 Å². The van der Waals surface area contributed by atoms with E-state index in [1.807, 2.05) is 39.0 Å². The van der Waals surface area contributed by atoms with Crippen LogP contribution < -0.4 is 10.1 Å². The second-order valence-corrected chi connectivity index (χ2v) is 7.01. The Kier molecular flexibility index (Phi) is 7.17. The standard InChI is InChI=1S/C21H21BrN2O3/c1-13-8-14(2)20(15(3)9-13)24-21(26)17(12-23)10-16-4-5-18(11-19(16)22)27-7-6-25/h4-5,8-11,25H,6-7H2,1-3H3,(H,24,26)/b17-10+. The van der Waals surface area contributed by atoms with Crippen LogP contribution in [0.3, 0.4) is 0 Å². The maximum atomic E-state index is 12.6. The molecule has 5 nitrogen and oxygen atoms in total. The lowest BCUT2D eigenvalue weighted by atomic mass is 10.0. The number of rotatable bonds is 6. The Morgan fingerprint density at radius 1 is 1.26 bits per heavy atom. The van der Waals surface area contributed by atoms with Crippen molar-refractivity contribution in [3.63, 3.8) is 0 Å². The Morgan fingerprint density at radius 3 is 2.48 bits per heavy atom. The number of halogens is 1. The van der Waals surface area contributed by atoms with E-state index in [1.54, 1.807) is 18.2 Å². The van der Waals surface area contributed by atoms with E-state index < -0.39 is 5.91 Å². The lowest BCUT2D eigenvalue weighted by Gasteiger charge is -2.12. The summed E-state index contributed by atoms with van der Waals surface area (Å²) in [6.45, 7) is 5.97. The summed E-state index contributed by atoms with van der Waals surface area (Å²) in [7, 11) is 0. The summed E-state index contributed by atoms with van der Waals surface area (Å²) < 4.78 is 6.02. The summed E-state index contributed by atoms with van der Waals surface area (Å²) in [4.78, 5) is 12.6. The predicted molar refractivity (Wildman–Crippen MR) is 110 cm³/mol. The largest absolute Gasteiger partial charge is 0.491 e. The highest BCUT2D eigenvalue weighted by atomic mass is 79.9. The van der Waals surface area contributed by atoms with Crippen molar-refractivity contribution in [2.75, 3.05) is 18.5 Å². The van der Waals surface area contributed by atoms with Crippen LogP contribution in [0, 0.1) is 32.1 Å². The average molecular weight is 429 g/mol. The number of amides is 1. The summed E-state index contributed by atoms with van der Waals surface area (Å²) in [5.74, 6) is 0.127. The molecule has 0 aliphatic heterocycles. The molecule has 0 saturated heterocycles. The first kappa shape index (κ1) is 20.7. The topological polar surface area (TPSA) is 82.4 Å². The fourth-order valence-corrected chi connectivity index (χ4v) is 3.21. The molecule has 2 rings (SSSR count). The first-order valence-corrected chi connectivity index (χ1v) is 9.19. The Labute approximate surface area is 167 Å². The Hall–Kier alpha value is -2.62. The molecule has 2 N–H and O–H groups in total. The van der Waals surface area contributed by atoms with Crippen LogP contribution in [0.25, 0.3) is 6.08 Å². The number of ether oxygens (including phenoxy) is 1. The van der Waals surface area contributed by atoms with Crippen molar-refractivity contribution in [1.82, 2.24) is 0 Å². The highest BCUT2D eigenvalue weighted by Gasteiger charge is 2.14. The van der Waals surface area contributed by atoms with Crippen molar-refractivity contribution in [2.45, 2.75) is 20.8 Å². The number of aliphatic hydroxyl groups excluding tert-OH is 1. The average Bonchev–Trinajstić information content (AvgIpc) is 2.62. The summed E-state index contributed by atoms with van der Waals surface area (Å²) in [6, 6.07) is 11.1. The number of nitrogens with zero attached hydrogens (tertiary/aromatic N) is 1. The normalized spacial score (nSPS) is 11.0. The molecule has 2 aromatic rings. The van der Waals surface area contributed by atoms with Gasteiger partial charge in [0.05, 0.1) is 6.61 Å². The van der Waals surface area contributed by atoms with Gasteiger partial charge in [-0.2, -0.15) is 5.26 Å². The van der Waals surface area contributed by atoms with Crippen molar-refractivity contribution < 1.29 is 14.6 Å². The zero-order valence-corrected chi connectivity index (χ0v) is 17.1. The number of aryl methyl sites for hydroxylation is 3. The third kappa shape index (κ3) is 5.43. The number of carbonyl (C=O) groups is 1. The van der Waals surface area contributed by atoms with Gasteiger partial charge >= 0.3 is 0 Å². The van der Waals surface area contributed by atoms with E-state index in [4.69, 9.17) is 9.84 Å². The maximum absolute atomic E-state index is 12.6. The summed E-state index contributed by atoms with van der Waals surface area (Å²) in [5.41, 5.74) is 4.41. The molecule has 0 bridgehead atoms. The molecule has 0 saturated carbocycles. The lowest BCUT2D eigenvalue weighted by Crippen LogP contribution is -2.15. The SMILES string of the molecule is Cc1cc(C)c(NC(=O)/C(C#N)=C/c2ccc(OCCO)cc2Br)c(C)c1. The maximum Gasteiger partial charge on any atom is 0.266 e. The van der Waals surface area contributed by atoms with Crippen LogP contribution in [0.2, 0.25) is 0 Å². The van der Waals surface area contributed by atoms with E-state index in [0.717, 1.165) is 22.4 Å². The van der Waals surface area contributed by atoms with Crippen molar-refractivity contribution in [2.24, 2.45) is 0 Å². The number of nitriles is 1. The van der Waals surface area contributed by atoms with Gasteiger partial charge in [-0.05, 0) is 55.7 Å². The van der Waals surface area contributed by atoms with E-state index in [0.29, 0.717) is 15.8 Å². The first-order chi connectivity index (χ1) is 12.8. The summed E-state index contributed by atoms with van der Waals surface area (Å²) >= 11 is 3.42. The van der Waals surface area contributed by atoms with E-state index in [1.165, 1.54) is 6.08 Å². The molecule has 6 heteroatoms. The van der Waals surface area contributed by atoms with Gasteiger partial charge < -0.3 is 15.2 Å². The molecule has 0 spiro atoms. The molecule has 2 aromatic carbocycles. The zero-order chi connectivity index (χ0) is 20.0. The smallest absolute Gasteiger partial charge is 0.266 e. The third-order valence-corrected chi connectivity index (χ3v) is 4.60. The minimum absolute atomic E-state index is 0.000832. The molecule has 0 aliphatic carbocycles. The fourth-order valence-electron chi connectivity index (χ4n) is 2.74. The van der Waals surface area contributed by atoms with Crippen LogP contribution in [0.5, 0.6) is 5.75 Å². The van der Waals surface area contributed by atoms with Gasteiger partial charge in [-0.15, -0.1) is 0 Å². The van der Waals surface area contributed by atoms with Gasteiger partial charge in [0, 0.05) is 10.2 Å². The summed E-state index contributed by atoms with van der Waals surface area (Å²) in [6.07, 6.45) is 1.52. The molecule has 0 unspecified atom stereocenters. The van der Waals surface area contributed by atoms with Crippen molar-refractivity contribution >= 4 is 33.6 Å². The minimum Gasteiger partial charge on any atom is -0.491 e. The first-order valence-electron chi connectivity index (χ1n) is 8.40. The number of nitrogens with one attached hydrogen (secondary N) is 1. The van der Waals surface area contributed by atoms with E-state index >= 15 is 0 Å². The quantitative estimate of drug-likeness (QED) is 0.530. The number of aliphatic hydroxyl groups is 1. The molecule has 0 atom stereocenters. The molecule has 0 aromatic heterocycles. The van der Waals surface area contributed by atoms with Gasteiger partial charge in [0.25, 0.3) is 5.91 Å². The molecule has 0 heterocycles. The zero-order valence-electron chi connectivity index (χ0n) is 15.5. The number of hydrogen-bond donors (Lipinski definition) is 2. The molecule has 140 valence electrons. The fraction of sp³-hybridized carbons (Fsp3) is 0.238. The number of carbonyl (C=O) groups excluding carboxylic acids is 1. The summed E-state index contributed by atoms with van der Waals surface area (Å²) in [5, 5.41) is 21.1. The minimum atomic E-state index is -0.458. The Bertz CT molecular complexity index is 907. The van der Waals surface area contributed by atoms with Gasteiger partial charge in [0.1, 0.15) is 24.0 Å². The Morgan fingerprint density at radius 2 is 1.93 bits per heavy atom. The number of anilines is 1. The Balaban J connectivity index is 2.26.